The lowest BCUT2D eigenvalue weighted by Crippen LogP contribution is -2.34. The summed E-state index contributed by atoms with van der Waals surface area (Å²) in [5.41, 5.74) is 5.43. The summed E-state index contributed by atoms with van der Waals surface area (Å²) in [4.78, 5) is 2.30. The second kappa shape index (κ2) is 7.03. The Labute approximate surface area is 64.4 Å². The van der Waals surface area contributed by atoms with Gasteiger partial charge in [-0.25, -0.2) is 0 Å². The molecule has 0 unspecified atom stereocenters. The van der Waals surface area contributed by atoms with Crippen LogP contribution in [0, 0.1) is 0 Å². The van der Waals surface area contributed by atoms with Crippen molar-refractivity contribution in [2.24, 2.45) is 5.73 Å². The summed E-state index contributed by atoms with van der Waals surface area (Å²) in [7, 11) is 0. The molecule has 1 heterocycles. The van der Waals surface area contributed by atoms with E-state index in [2.05, 4.69) is 4.90 Å². The van der Waals surface area contributed by atoms with Gasteiger partial charge in [0.15, 0.2) is 0 Å². The van der Waals surface area contributed by atoms with E-state index in [1.165, 1.54) is 32.4 Å². The van der Waals surface area contributed by atoms with Gasteiger partial charge in [0.25, 0.3) is 0 Å². The van der Waals surface area contributed by atoms with E-state index in [0.717, 1.165) is 6.67 Å². The molecular formula is C8H20N2. The molecule has 0 aromatic rings. The van der Waals surface area contributed by atoms with Gasteiger partial charge in [-0.05, 0) is 25.9 Å². The van der Waals surface area contributed by atoms with Crippen LogP contribution in [0.5, 0.6) is 0 Å². The van der Waals surface area contributed by atoms with Crippen molar-refractivity contribution in [3.63, 3.8) is 0 Å². The fourth-order valence-electron chi connectivity index (χ4n) is 1.14. The molecule has 10 heavy (non-hydrogen) atoms. The molecule has 0 aromatic heterocycles. The van der Waals surface area contributed by atoms with Gasteiger partial charge >= 0.3 is 0 Å². The molecule has 0 bridgehead atoms. The zero-order valence-electron chi connectivity index (χ0n) is 7.27. The molecule has 0 saturated carbocycles. The Morgan fingerprint density at radius 1 is 1.10 bits per heavy atom. The summed E-state index contributed by atoms with van der Waals surface area (Å²) in [6.07, 6.45) is 4.09. The zero-order valence-corrected chi connectivity index (χ0v) is 7.27. The Balaban J connectivity index is 0.000000371. The summed E-state index contributed by atoms with van der Waals surface area (Å²) in [6, 6.07) is 0. The molecule has 2 N–H and O–H groups in total. The van der Waals surface area contributed by atoms with Crippen molar-refractivity contribution in [2.75, 3.05) is 19.8 Å². The van der Waals surface area contributed by atoms with Gasteiger partial charge in [-0.1, -0.05) is 20.3 Å². The highest BCUT2D eigenvalue weighted by atomic mass is 15.2. The SMILES string of the molecule is CC.NCN1CCCCC1. The van der Waals surface area contributed by atoms with Gasteiger partial charge in [0.2, 0.25) is 0 Å². The fourth-order valence-corrected chi connectivity index (χ4v) is 1.14. The van der Waals surface area contributed by atoms with Crippen LogP contribution in [0.15, 0.2) is 0 Å². The maximum absolute atomic E-state index is 5.43. The van der Waals surface area contributed by atoms with Gasteiger partial charge in [-0.3, -0.25) is 4.90 Å². The predicted molar refractivity (Wildman–Crippen MR) is 45.8 cm³/mol. The molecule has 2 heteroatoms. The smallest absolute Gasteiger partial charge is 0.0455 e. The minimum atomic E-state index is 0.750. The third-order valence-corrected chi connectivity index (χ3v) is 1.71. The van der Waals surface area contributed by atoms with Crippen molar-refractivity contribution in [1.82, 2.24) is 4.90 Å². The molecule has 0 spiro atoms. The van der Waals surface area contributed by atoms with E-state index in [-0.39, 0.29) is 0 Å². The lowest BCUT2D eigenvalue weighted by atomic mass is 10.1. The molecule has 0 aliphatic carbocycles. The van der Waals surface area contributed by atoms with Crippen LogP contribution in [-0.4, -0.2) is 24.7 Å². The molecule has 0 aromatic carbocycles. The van der Waals surface area contributed by atoms with Crippen LogP contribution in [0.2, 0.25) is 0 Å². The van der Waals surface area contributed by atoms with Crippen molar-refractivity contribution in [3.8, 4) is 0 Å². The van der Waals surface area contributed by atoms with Crippen molar-refractivity contribution in [3.05, 3.63) is 0 Å². The van der Waals surface area contributed by atoms with Crippen molar-refractivity contribution < 1.29 is 0 Å². The second-order valence-corrected chi connectivity index (χ2v) is 2.36. The van der Waals surface area contributed by atoms with Gasteiger partial charge in [-0.15, -0.1) is 0 Å². The number of nitrogens with zero attached hydrogens (tertiary/aromatic N) is 1. The van der Waals surface area contributed by atoms with Crippen LogP contribution in [0.3, 0.4) is 0 Å². The molecule has 1 saturated heterocycles. The van der Waals surface area contributed by atoms with E-state index >= 15 is 0 Å². The Bertz CT molecular complexity index is 58.3. The van der Waals surface area contributed by atoms with E-state index < -0.39 is 0 Å². The standard InChI is InChI=1S/C6H14N2.C2H6/c7-6-8-4-2-1-3-5-8;1-2/h1-7H2;1-2H3. The first-order valence-corrected chi connectivity index (χ1v) is 4.36. The van der Waals surface area contributed by atoms with Gasteiger partial charge in [-0.2, -0.15) is 0 Å². The van der Waals surface area contributed by atoms with Crippen LogP contribution < -0.4 is 5.73 Å². The van der Waals surface area contributed by atoms with Crippen LogP contribution >= 0.6 is 0 Å². The first-order chi connectivity index (χ1) is 4.93. The molecule has 2 nitrogen and oxygen atoms in total. The Morgan fingerprint density at radius 3 is 1.90 bits per heavy atom. The van der Waals surface area contributed by atoms with Crippen LogP contribution in [0.4, 0.5) is 0 Å². The molecule has 1 rings (SSSR count). The van der Waals surface area contributed by atoms with E-state index in [4.69, 9.17) is 5.73 Å². The molecule has 1 aliphatic rings. The maximum Gasteiger partial charge on any atom is 0.0455 e. The highest BCUT2D eigenvalue weighted by Crippen LogP contribution is 2.05. The van der Waals surface area contributed by atoms with Gasteiger partial charge in [0.1, 0.15) is 0 Å². The topological polar surface area (TPSA) is 29.3 Å². The molecule has 1 aliphatic heterocycles. The Hall–Kier alpha value is -0.0800. The summed E-state index contributed by atoms with van der Waals surface area (Å²) >= 11 is 0. The minimum Gasteiger partial charge on any atom is -0.318 e. The number of likely N-dealkylation sites (tertiary alicyclic amines) is 1. The molecule has 0 amide bonds. The predicted octanol–water partition coefficient (Wildman–Crippen LogP) is 1.41. The number of piperidine rings is 1. The van der Waals surface area contributed by atoms with Crippen LogP contribution in [0.25, 0.3) is 0 Å². The van der Waals surface area contributed by atoms with Gasteiger partial charge in [0.05, 0.1) is 0 Å². The first-order valence-electron chi connectivity index (χ1n) is 4.36. The molecular weight excluding hydrogens is 124 g/mol. The molecule has 0 atom stereocenters. The number of hydrogen-bond acceptors (Lipinski definition) is 2. The Morgan fingerprint density at radius 2 is 1.60 bits per heavy atom. The van der Waals surface area contributed by atoms with Gasteiger partial charge < -0.3 is 5.73 Å². The first kappa shape index (κ1) is 9.92. The average molecular weight is 144 g/mol. The van der Waals surface area contributed by atoms with Crippen LogP contribution in [0.1, 0.15) is 33.1 Å². The summed E-state index contributed by atoms with van der Waals surface area (Å²) in [5, 5.41) is 0. The minimum absolute atomic E-state index is 0.750. The number of rotatable bonds is 1. The number of hydrogen-bond donors (Lipinski definition) is 1. The van der Waals surface area contributed by atoms with Crippen molar-refractivity contribution in [1.29, 1.82) is 0 Å². The fraction of sp³-hybridized carbons (Fsp3) is 1.00. The third-order valence-electron chi connectivity index (χ3n) is 1.71. The zero-order chi connectivity index (χ0) is 7.82. The highest BCUT2D eigenvalue weighted by molar-refractivity contribution is 4.60. The lowest BCUT2D eigenvalue weighted by molar-refractivity contribution is 0.235. The summed E-state index contributed by atoms with van der Waals surface area (Å²) in [5.74, 6) is 0. The van der Waals surface area contributed by atoms with Gasteiger partial charge in [0, 0.05) is 6.67 Å². The van der Waals surface area contributed by atoms with Crippen molar-refractivity contribution in [2.45, 2.75) is 33.1 Å². The van der Waals surface area contributed by atoms with Crippen LogP contribution in [-0.2, 0) is 0 Å². The molecule has 1 fully saturated rings. The van der Waals surface area contributed by atoms with E-state index in [0.29, 0.717) is 0 Å². The largest absolute Gasteiger partial charge is 0.318 e. The van der Waals surface area contributed by atoms with E-state index in [1.54, 1.807) is 0 Å². The highest BCUT2D eigenvalue weighted by Gasteiger charge is 2.05. The monoisotopic (exact) mass is 144 g/mol. The third kappa shape index (κ3) is 3.85. The second-order valence-electron chi connectivity index (χ2n) is 2.36. The van der Waals surface area contributed by atoms with E-state index in [1.807, 2.05) is 13.8 Å². The van der Waals surface area contributed by atoms with Crippen molar-refractivity contribution >= 4 is 0 Å². The Kier molecular flexibility index (Phi) is 6.98. The average Bonchev–Trinajstić information content (AvgIpc) is 2.10. The van der Waals surface area contributed by atoms with E-state index in [9.17, 15) is 0 Å². The summed E-state index contributed by atoms with van der Waals surface area (Å²) in [6.45, 7) is 7.19. The quantitative estimate of drug-likeness (QED) is 0.603. The molecule has 62 valence electrons. The lowest BCUT2D eigenvalue weighted by Gasteiger charge is -2.23. The summed E-state index contributed by atoms with van der Waals surface area (Å²) < 4.78 is 0. The maximum atomic E-state index is 5.43. The molecule has 0 radical (unpaired) electrons. The normalized spacial score (nSPS) is 19.5. The number of nitrogens with two attached hydrogens (primary N) is 1.